The molecule has 4 rings (SSSR count). The fraction of sp³-hybridized carbons (Fsp3) is 0.391. The maximum absolute atomic E-state index is 13.9. The Kier molecular flexibility index (Phi) is 5.19. The molecule has 2 aromatic carbocycles. The number of rotatable bonds is 3. The summed E-state index contributed by atoms with van der Waals surface area (Å²) in [4.78, 5) is 27.0. The van der Waals surface area contributed by atoms with E-state index in [0.29, 0.717) is 24.3 Å². The van der Waals surface area contributed by atoms with E-state index in [-0.39, 0.29) is 37.2 Å². The van der Waals surface area contributed by atoms with Crippen molar-refractivity contribution in [2.75, 3.05) is 13.1 Å². The molecule has 31 heavy (non-hydrogen) atoms. The van der Waals surface area contributed by atoms with Crippen molar-refractivity contribution in [3.8, 4) is 11.5 Å². The van der Waals surface area contributed by atoms with Crippen LogP contribution in [0.1, 0.15) is 53.0 Å². The summed E-state index contributed by atoms with van der Waals surface area (Å²) in [5.41, 5.74) is -0.281. The number of hydrogen-bond donors (Lipinski definition) is 1. The first-order chi connectivity index (χ1) is 14.6. The van der Waals surface area contributed by atoms with Crippen molar-refractivity contribution in [3.05, 3.63) is 58.4 Å². The summed E-state index contributed by atoms with van der Waals surface area (Å²) in [5.74, 6) is -5.27. The number of fused-ring (bicyclic) bond motifs is 1. The number of nitrogens with zero attached hydrogens (tertiary/aromatic N) is 1. The molecule has 8 heteroatoms. The summed E-state index contributed by atoms with van der Waals surface area (Å²) in [7, 11) is 0. The number of hydrogen-bond acceptors (Lipinski definition) is 4. The van der Waals surface area contributed by atoms with Crippen LogP contribution in [0.5, 0.6) is 11.5 Å². The number of phenols is 1. The highest BCUT2D eigenvalue weighted by molar-refractivity contribution is 6.00. The second kappa shape index (κ2) is 7.59. The smallest absolute Gasteiger partial charge is 0.257 e. The highest BCUT2D eigenvalue weighted by atomic mass is 19.1. The summed E-state index contributed by atoms with van der Waals surface area (Å²) in [5, 5.41) is 10.6. The van der Waals surface area contributed by atoms with Gasteiger partial charge in [0.15, 0.2) is 17.3 Å². The Bertz CT molecular complexity index is 1050. The number of carbonyl (C=O) groups excluding carboxylic acids is 2. The minimum atomic E-state index is -1.23. The molecular weight excluding hydrogens is 411 g/mol. The van der Waals surface area contributed by atoms with Crippen LogP contribution in [-0.4, -0.2) is 40.4 Å². The van der Waals surface area contributed by atoms with E-state index in [2.05, 4.69) is 0 Å². The first kappa shape index (κ1) is 21.2. The molecule has 0 atom stereocenters. The quantitative estimate of drug-likeness (QED) is 0.735. The van der Waals surface area contributed by atoms with Crippen LogP contribution in [0.2, 0.25) is 0 Å². The molecule has 0 unspecified atom stereocenters. The summed E-state index contributed by atoms with van der Waals surface area (Å²) in [6.07, 6.45) is 1.03. The lowest BCUT2D eigenvalue weighted by Gasteiger charge is -2.31. The van der Waals surface area contributed by atoms with Crippen molar-refractivity contribution in [2.45, 2.75) is 38.7 Å². The SMILES string of the molecule is CC1(C)Cc2ccc(C(=O)N3CCC(C(=O)c4c(F)cc(F)cc4F)CC3)c(O)c2O1. The molecule has 2 aromatic rings. The number of Topliss-reactive ketones (excluding diaryl/α,β-unsaturated/α-hetero) is 1. The average molecular weight is 433 g/mol. The van der Waals surface area contributed by atoms with Crippen molar-refractivity contribution in [2.24, 2.45) is 5.92 Å². The Morgan fingerprint density at radius 3 is 2.32 bits per heavy atom. The van der Waals surface area contributed by atoms with E-state index < -0.39 is 46.2 Å². The van der Waals surface area contributed by atoms with E-state index in [4.69, 9.17) is 4.74 Å². The van der Waals surface area contributed by atoms with Gasteiger partial charge in [-0.1, -0.05) is 6.07 Å². The third-order valence-corrected chi connectivity index (χ3v) is 5.84. The molecule has 1 amide bonds. The number of ether oxygens (including phenoxy) is 1. The molecule has 0 aromatic heterocycles. The van der Waals surface area contributed by atoms with Gasteiger partial charge < -0.3 is 14.7 Å². The lowest BCUT2D eigenvalue weighted by atomic mass is 9.88. The fourth-order valence-electron chi connectivity index (χ4n) is 4.31. The molecule has 0 bridgehead atoms. The number of piperidine rings is 1. The maximum Gasteiger partial charge on any atom is 0.257 e. The van der Waals surface area contributed by atoms with Gasteiger partial charge in [0.1, 0.15) is 23.1 Å². The predicted molar refractivity (Wildman–Crippen MR) is 106 cm³/mol. The topological polar surface area (TPSA) is 66.8 Å². The molecule has 1 N–H and O–H groups in total. The van der Waals surface area contributed by atoms with Gasteiger partial charge in [0.25, 0.3) is 5.91 Å². The number of phenolic OH excluding ortho intramolecular Hbond substituents is 1. The van der Waals surface area contributed by atoms with Gasteiger partial charge in [0.2, 0.25) is 0 Å². The molecule has 1 fully saturated rings. The summed E-state index contributed by atoms with van der Waals surface area (Å²) >= 11 is 0. The van der Waals surface area contributed by atoms with Gasteiger partial charge in [-0.15, -0.1) is 0 Å². The number of carbonyl (C=O) groups is 2. The molecule has 1 saturated heterocycles. The fourth-order valence-corrected chi connectivity index (χ4v) is 4.31. The highest BCUT2D eigenvalue weighted by Crippen LogP contribution is 2.43. The van der Waals surface area contributed by atoms with Crippen molar-refractivity contribution in [1.29, 1.82) is 0 Å². The zero-order chi connectivity index (χ0) is 22.5. The third-order valence-electron chi connectivity index (χ3n) is 5.84. The molecule has 164 valence electrons. The van der Waals surface area contributed by atoms with Crippen LogP contribution in [0.4, 0.5) is 13.2 Å². The first-order valence-corrected chi connectivity index (χ1v) is 10.1. The van der Waals surface area contributed by atoms with Gasteiger partial charge in [0.05, 0.1) is 11.1 Å². The Morgan fingerprint density at radius 1 is 1.10 bits per heavy atom. The number of amides is 1. The van der Waals surface area contributed by atoms with Crippen molar-refractivity contribution < 1.29 is 32.6 Å². The van der Waals surface area contributed by atoms with Crippen LogP contribution >= 0.6 is 0 Å². The van der Waals surface area contributed by atoms with E-state index in [1.807, 2.05) is 13.8 Å². The minimum Gasteiger partial charge on any atom is -0.504 e. The molecule has 0 spiro atoms. The van der Waals surface area contributed by atoms with E-state index in [1.165, 1.54) is 4.90 Å². The summed E-state index contributed by atoms with van der Waals surface area (Å²) in [6, 6.07) is 4.28. The molecule has 2 heterocycles. The van der Waals surface area contributed by atoms with Gasteiger partial charge in [0, 0.05) is 43.1 Å². The van der Waals surface area contributed by atoms with E-state index in [0.717, 1.165) is 5.56 Å². The standard InChI is InChI=1S/C23H22F3NO4/c1-23(2)11-13-3-4-15(20(29)21(13)31-23)22(30)27-7-5-12(6-8-27)19(28)18-16(25)9-14(24)10-17(18)26/h3-4,9-10,12,29H,5-8,11H2,1-2H3. The maximum atomic E-state index is 13.9. The van der Waals surface area contributed by atoms with Gasteiger partial charge in [-0.25, -0.2) is 13.2 Å². The Hall–Kier alpha value is -3.03. The minimum absolute atomic E-state index is 0.108. The zero-order valence-corrected chi connectivity index (χ0v) is 17.2. The molecule has 2 aliphatic rings. The highest BCUT2D eigenvalue weighted by Gasteiger charge is 2.36. The monoisotopic (exact) mass is 433 g/mol. The molecule has 5 nitrogen and oxygen atoms in total. The van der Waals surface area contributed by atoms with Gasteiger partial charge in [-0.2, -0.15) is 0 Å². The first-order valence-electron chi connectivity index (χ1n) is 10.1. The second-order valence-electron chi connectivity index (χ2n) is 8.66. The Labute approximate surface area is 177 Å². The Balaban J connectivity index is 1.47. The number of aromatic hydroxyl groups is 1. The normalized spacial score (nSPS) is 17.9. The molecule has 0 saturated carbocycles. The average Bonchev–Trinajstić information content (AvgIpc) is 3.02. The van der Waals surface area contributed by atoms with E-state index >= 15 is 0 Å². The third kappa shape index (κ3) is 3.86. The van der Waals surface area contributed by atoms with Gasteiger partial charge in [-0.3, -0.25) is 9.59 Å². The number of benzene rings is 2. The number of halogens is 3. The lowest BCUT2D eigenvalue weighted by molar-refractivity contribution is 0.0643. The zero-order valence-electron chi connectivity index (χ0n) is 17.2. The van der Waals surface area contributed by atoms with Crippen molar-refractivity contribution in [1.82, 2.24) is 4.90 Å². The molecular formula is C23H22F3NO4. The van der Waals surface area contributed by atoms with Crippen LogP contribution in [0.15, 0.2) is 24.3 Å². The Morgan fingerprint density at radius 2 is 1.71 bits per heavy atom. The van der Waals surface area contributed by atoms with Crippen LogP contribution in [-0.2, 0) is 6.42 Å². The largest absolute Gasteiger partial charge is 0.504 e. The van der Waals surface area contributed by atoms with Crippen LogP contribution < -0.4 is 4.74 Å². The van der Waals surface area contributed by atoms with Crippen molar-refractivity contribution in [3.63, 3.8) is 0 Å². The second-order valence-corrected chi connectivity index (χ2v) is 8.66. The lowest BCUT2D eigenvalue weighted by Crippen LogP contribution is -2.40. The van der Waals surface area contributed by atoms with Crippen LogP contribution in [0.3, 0.4) is 0 Å². The van der Waals surface area contributed by atoms with Crippen molar-refractivity contribution >= 4 is 11.7 Å². The van der Waals surface area contributed by atoms with E-state index in [9.17, 15) is 27.9 Å². The summed E-state index contributed by atoms with van der Waals surface area (Å²) < 4.78 is 46.8. The molecule has 0 aliphatic carbocycles. The predicted octanol–water partition coefficient (Wildman–Crippen LogP) is 4.26. The number of ketones is 1. The van der Waals surface area contributed by atoms with Crippen LogP contribution in [0, 0.1) is 23.4 Å². The van der Waals surface area contributed by atoms with E-state index in [1.54, 1.807) is 12.1 Å². The number of likely N-dealkylation sites (tertiary alicyclic amines) is 1. The van der Waals surface area contributed by atoms with Crippen LogP contribution in [0.25, 0.3) is 0 Å². The molecule has 2 aliphatic heterocycles. The molecule has 0 radical (unpaired) electrons. The van der Waals surface area contributed by atoms with Gasteiger partial charge in [-0.05, 0) is 32.8 Å². The van der Waals surface area contributed by atoms with Gasteiger partial charge >= 0.3 is 0 Å². The summed E-state index contributed by atoms with van der Waals surface area (Å²) in [6.45, 7) is 4.15.